The molecule has 17 aliphatic rings. The van der Waals surface area contributed by atoms with Crippen molar-refractivity contribution in [1.82, 2.24) is 0 Å². The number of phenols is 4. The number of esters is 4. The molecule has 8 aromatic rings. The highest BCUT2D eigenvalue weighted by atomic mass is 16.7. The summed E-state index contributed by atoms with van der Waals surface area (Å²) in [7, 11) is 13.1. The maximum atomic E-state index is 14.6. The summed E-state index contributed by atoms with van der Waals surface area (Å²) in [4.78, 5) is 58.5. The lowest BCUT2D eigenvalue weighted by Gasteiger charge is -2.64. The van der Waals surface area contributed by atoms with Gasteiger partial charge in [0.25, 0.3) is 0 Å². The van der Waals surface area contributed by atoms with Crippen molar-refractivity contribution in [2.24, 2.45) is 45.3 Å². The number of carbonyl (C=O) groups is 4. The van der Waals surface area contributed by atoms with E-state index < -0.39 is 70.0 Å². The van der Waals surface area contributed by atoms with Crippen LogP contribution < -0.4 is 18.9 Å². The van der Waals surface area contributed by atoms with E-state index in [0.717, 1.165) is 128 Å². The first-order valence-electron chi connectivity index (χ1n) is 48.5. The maximum absolute atomic E-state index is 14.6. The van der Waals surface area contributed by atoms with E-state index in [4.69, 9.17) is 75.8 Å². The Labute approximate surface area is 795 Å². The van der Waals surface area contributed by atoms with E-state index in [1.165, 1.54) is 52.7 Å². The van der Waals surface area contributed by atoms with Gasteiger partial charge in [-0.15, -0.1) is 0 Å². The van der Waals surface area contributed by atoms with Crippen LogP contribution in [-0.2, 0) is 56.8 Å². The predicted molar refractivity (Wildman–Crippen MR) is 501 cm³/mol. The largest absolute Gasteiger partial charge is 0.507 e. The zero-order valence-electron chi connectivity index (χ0n) is 80.2. The van der Waals surface area contributed by atoms with Crippen LogP contribution in [0, 0.1) is 45.3 Å². The number of aromatic hydroxyl groups is 4. The number of hydrogen-bond donors (Lipinski definition) is 4. The average molecular weight is 1860 g/mol. The molecular formula is C112H128O24. The van der Waals surface area contributed by atoms with Gasteiger partial charge in [0, 0.05) is 147 Å². The second-order valence-corrected chi connectivity index (χ2v) is 45.2. The van der Waals surface area contributed by atoms with Crippen molar-refractivity contribution >= 4 is 23.9 Å². The minimum absolute atomic E-state index is 0.0349. The lowest BCUT2D eigenvalue weighted by atomic mass is 9.46. The Kier molecular flexibility index (Phi) is 22.9. The smallest absolute Gasteiger partial charge is 0.340 e. The monoisotopic (exact) mass is 1860 g/mol. The first kappa shape index (κ1) is 92.1. The highest BCUT2D eigenvalue weighted by Gasteiger charge is 2.68. The summed E-state index contributed by atoms with van der Waals surface area (Å²) in [6.07, 6.45) is 21.8. The number of phenolic OH excluding ortho intramolecular Hbond substituents is 4. The molecule has 0 aromatic heterocycles. The Morgan fingerprint density at radius 2 is 0.434 bits per heavy atom. The van der Waals surface area contributed by atoms with Gasteiger partial charge in [0.05, 0.1) is 95.5 Å². The van der Waals surface area contributed by atoms with Crippen LogP contribution in [0.4, 0.5) is 0 Å². The molecule has 25 rings (SSSR count). The van der Waals surface area contributed by atoms with Gasteiger partial charge in [-0.25, -0.2) is 19.2 Å². The van der Waals surface area contributed by atoms with Crippen LogP contribution >= 0.6 is 0 Å². The molecule has 20 atom stereocenters. The van der Waals surface area contributed by atoms with Crippen LogP contribution in [0.2, 0.25) is 0 Å². The maximum Gasteiger partial charge on any atom is 0.340 e. The van der Waals surface area contributed by atoms with E-state index >= 15 is 0 Å². The second-order valence-electron chi connectivity index (χ2n) is 45.2. The molecule has 16 fully saturated rings. The van der Waals surface area contributed by atoms with E-state index in [0.29, 0.717) is 93.9 Å². The Hall–Kier alpha value is -10.3. The fraction of sp³-hybridized carbons (Fsp3) is 0.536. The van der Waals surface area contributed by atoms with Crippen molar-refractivity contribution in [1.29, 1.82) is 0 Å². The van der Waals surface area contributed by atoms with Gasteiger partial charge in [0.1, 0.15) is 46.0 Å². The first-order chi connectivity index (χ1) is 65.1. The van der Waals surface area contributed by atoms with Gasteiger partial charge in [-0.3, -0.25) is 0 Å². The highest BCUT2D eigenvalue weighted by Crippen LogP contribution is 2.70. The summed E-state index contributed by atoms with van der Waals surface area (Å²) in [5.74, 6) is -5.55. The molecular weight excluding hydrogens is 1730 g/mol. The van der Waals surface area contributed by atoms with E-state index in [1.807, 2.05) is 0 Å². The molecule has 136 heavy (non-hydrogen) atoms. The van der Waals surface area contributed by atoms with Crippen molar-refractivity contribution in [3.05, 3.63) is 235 Å². The van der Waals surface area contributed by atoms with Crippen molar-refractivity contribution in [2.75, 3.05) is 84.1 Å². The molecule has 8 aromatic carbocycles. The Balaban J connectivity index is 0.697. The zero-order chi connectivity index (χ0) is 94.9. The standard InChI is InChI=1S/C112H128O24/c1-101-37-65-41-105(49-101,125-9)57-109(45-65,53-101)133-61-129-97(117)73-21-13-69(14-22-73)93-77-29-82(90(122-6)33-85(77)113)95(71-17-25-75(26-18-71)99(119)131-63-135-111-47-67-39-103(3,55-111)51-107(43-67,59-111)127-11)79-31-84(92(124-8)35-87(79)115)96(72-19-27-76(28-20-72)100(120)132-64-136-112-48-68-40-104(4,56-112)52-108(44-68,60-112)128-12)80-32-83(91(123-7)36-88(80)116)94(78-30-81(93)89(121-5)34-86(78)114)70-15-23-74(24-16-70)98(118)130-62-134-110-46-66-38-102(2,54-110)50-106(42-66,58-110)126-10/h13-36,65-68,93-96,113-116H,37-64H2,1-12H3. The number of methoxy groups -OCH3 is 8. The molecule has 17 aliphatic carbocycles. The molecule has 16 saturated carbocycles. The third-order valence-corrected chi connectivity index (χ3v) is 34.9. The van der Waals surface area contributed by atoms with E-state index in [-0.39, 0.29) is 162 Å². The molecule has 0 aliphatic heterocycles. The summed E-state index contributed by atoms with van der Waals surface area (Å²) in [6.45, 7) is 8.14. The lowest BCUT2D eigenvalue weighted by Crippen LogP contribution is -2.64. The summed E-state index contributed by atoms with van der Waals surface area (Å²) in [6, 6.07) is 40.7. The summed E-state index contributed by atoms with van der Waals surface area (Å²) < 4.78 is 102. The van der Waals surface area contributed by atoms with E-state index in [1.54, 1.807) is 150 Å². The molecule has 0 amide bonds. The van der Waals surface area contributed by atoms with Gasteiger partial charge in [-0.1, -0.05) is 76.2 Å². The SMILES string of the molecule is COc1cc(O)c2cc1C(c1ccc(C(=O)OCOC34CC5CC(C)(CC(OC)(C5)C3)C4)cc1)c1cc(c(OC)cc1O)C(c1ccc(C(=O)OCOC34CC5CC(C)(CC(OC)(C5)C3)C4)cc1)c1cc(c(OC)cc1O)C(c1ccc(C(=O)OCOC34CC5CC(C)(CC(OC)(C5)C3)C4)cc1)c1cc(c(OC)cc1O)C2c1ccc(C(=O)OCOC23CC4CC(C)(CC(OC)(C4)C2)C3)cc1. The normalized spacial score (nSPS) is 34.6. The van der Waals surface area contributed by atoms with E-state index in [2.05, 4.69) is 27.7 Å². The molecule has 0 radical (unpaired) electrons. The molecule has 4 N–H and O–H groups in total. The van der Waals surface area contributed by atoms with Gasteiger partial charge >= 0.3 is 23.9 Å². The van der Waals surface area contributed by atoms with Crippen LogP contribution in [0.25, 0.3) is 0 Å². The quantitative estimate of drug-likeness (QED) is 0.0201. The minimum Gasteiger partial charge on any atom is -0.507 e. The molecule has 720 valence electrons. The highest BCUT2D eigenvalue weighted by molar-refractivity contribution is 5.91. The average Bonchev–Trinajstić information content (AvgIpc) is 0.712. The predicted octanol–water partition coefficient (Wildman–Crippen LogP) is 20.6. The first-order valence-corrected chi connectivity index (χ1v) is 48.5. The van der Waals surface area contributed by atoms with Crippen LogP contribution in [0.1, 0.15) is 314 Å². The number of hydrogen-bond acceptors (Lipinski definition) is 24. The van der Waals surface area contributed by atoms with Gasteiger partial charge < -0.3 is 96.2 Å². The molecule has 24 heteroatoms. The molecule has 24 nitrogen and oxygen atoms in total. The Bertz CT molecular complexity index is 5290. The van der Waals surface area contributed by atoms with Crippen LogP contribution in [-0.4, -0.2) is 173 Å². The van der Waals surface area contributed by atoms with E-state index in [9.17, 15) is 39.6 Å². The van der Waals surface area contributed by atoms with Crippen LogP contribution in [0.15, 0.2) is 146 Å². The van der Waals surface area contributed by atoms with Gasteiger partial charge in [0.15, 0.2) is 27.2 Å². The summed E-state index contributed by atoms with van der Waals surface area (Å²) >= 11 is 0. The Morgan fingerprint density at radius 1 is 0.250 bits per heavy atom. The minimum atomic E-state index is -1.10. The molecule has 24 bridgehead atoms. The van der Waals surface area contributed by atoms with Crippen LogP contribution in [0.3, 0.4) is 0 Å². The zero-order valence-corrected chi connectivity index (χ0v) is 80.2. The van der Waals surface area contributed by atoms with Crippen molar-refractivity contribution < 1.29 is 115 Å². The molecule has 20 unspecified atom stereocenters. The topological polar surface area (TPSA) is 297 Å². The number of fused-ring (bicyclic) bond motifs is 8. The van der Waals surface area contributed by atoms with Crippen molar-refractivity contribution in [3.63, 3.8) is 0 Å². The Morgan fingerprint density at radius 3 is 0.610 bits per heavy atom. The summed E-state index contributed by atoms with van der Waals surface area (Å²) in [5.41, 5.74) is 2.38. The third-order valence-electron chi connectivity index (χ3n) is 34.9. The van der Waals surface area contributed by atoms with Gasteiger partial charge in [-0.2, -0.15) is 0 Å². The second kappa shape index (κ2) is 33.8. The fourth-order valence-corrected chi connectivity index (χ4v) is 31.9. The van der Waals surface area contributed by atoms with Gasteiger partial charge in [0.2, 0.25) is 0 Å². The van der Waals surface area contributed by atoms with Crippen molar-refractivity contribution in [2.45, 2.75) is 250 Å². The third kappa shape index (κ3) is 16.3. The molecule has 0 saturated heterocycles. The number of ether oxygens (including phenoxy) is 16. The van der Waals surface area contributed by atoms with Gasteiger partial charge in [-0.05, 0) is 269 Å². The van der Waals surface area contributed by atoms with Crippen molar-refractivity contribution in [3.8, 4) is 46.0 Å². The molecule has 0 heterocycles. The molecule has 0 spiro atoms. The number of benzene rings is 8. The number of carbonyl (C=O) groups excluding carboxylic acids is 4. The fourth-order valence-electron chi connectivity index (χ4n) is 31.9. The lowest BCUT2D eigenvalue weighted by molar-refractivity contribution is -0.266. The number of rotatable bonds is 28. The summed E-state index contributed by atoms with van der Waals surface area (Å²) in [5, 5.41) is 53.3. The van der Waals surface area contributed by atoms with Crippen LogP contribution in [0.5, 0.6) is 46.0 Å².